The Labute approximate surface area is 99.2 Å². The van der Waals surface area contributed by atoms with Gasteiger partial charge in [0.05, 0.1) is 11.7 Å². The van der Waals surface area contributed by atoms with Crippen molar-refractivity contribution in [3.8, 4) is 0 Å². The molecule has 0 saturated carbocycles. The maximum absolute atomic E-state index is 13.7. The number of H-pyrrole nitrogens is 1. The molecule has 0 saturated heterocycles. The Morgan fingerprint density at radius 2 is 2.31 bits per heavy atom. The van der Waals surface area contributed by atoms with E-state index < -0.39 is 5.92 Å². The van der Waals surface area contributed by atoms with Gasteiger partial charge in [-0.15, -0.1) is 0 Å². The topological polar surface area (TPSA) is 28.7 Å². The molecule has 1 heterocycles. The summed E-state index contributed by atoms with van der Waals surface area (Å²) < 4.78 is 28.2. The van der Waals surface area contributed by atoms with Gasteiger partial charge in [-0.2, -0.15) is 5.10 Å². The molecule has 2 nitrogen and oxygen atoms in total. The second-order valence-corrected chi connectivity index (χ2v) is 5.09. The van der Waals surface area contributed by atoms with Crippen molar-refractivity contribution in [2.24, 2.45) is 0 Å². The molecule has 0 radical (unpaired) electrons. The zero-order valence-electron chi connectivity index (χ0n) is 8.52. The van der Waals surface area contributed by atoms with Crippen molar-refractivity contribution in [2.75, 3.05) is 0 Å². The fraction of sp³-hybridized carbons (Fsp3) is 0.364. The average Bonchev–Trinajstić information content (AvgIpc) is 2.71. The third-order valence-electron chi connectivity index (χ3n) is 3.17. The molecule has 1 aromatic carbocycles. The summed E-state index contributed by atoms with van der Waals surface area (Å²) in [5, 5.41) is 7.47. The van der Waals surface area contributed by atoms with E-state index >= 15 is 0 Å². The van der Waals surface area contributed by atoms with Crippen LogP contribution in [0.5, 0.6) is 0 Å². The lowest BCUT2D eigenvalue weighted by Crippen LogP contribution is -2.07. The minimum Gasteiger partial charge on any atom is -0.278 e. The van der Waals surface area contributed by atoms with E-state index in [1.54, 1.807) is 6.20 Å². The highest BCUT2D eigenvalue weighted by Crippen LogP contribution is 2.52. The summed E-state index contributed by atoms with van der Waals surface area (Å²) in [5.41, 5.74) is 1.50. The number of alkyl halides is 2. The molecule has 0 bridgehead atoms. The van der Waals surface area contributed by atoms with E-state index in [0.29, 0.717) is 5.52 Å². The lowest BCUT2D eigenvalue weighted by molar-refractivity contribution is -0.00567. The van der Waals surface area contributed by atoms with Gasteiger partial charge in [0, 0.05) is 21.8 Å². The van der Waals surface area contributed by atoms with E-state index in [9.17, 15) is 8.78 Å². The second-order valence-electron chi connectivity index (χ2n) is 4.29. The molecular formula is C11H9BrF2N2. The van der Waals surface area contributed by atoms with Gasteiger partial charge >= 0.3 is 0 Å². The number of aromatic amines is 1. The zero-order chi connectivity index (χ0) is 11.5. The van der Waals surface area contributed by atoms with Gasteiger partial charge in [-0.25, -0.2) is 8.78 Å². The van der Waals surface area contributed by atoms with Crippen LogP contribution in [0.1, 0.15) is 30.4 Å². The van der Waals surface area contributed by atoms with Crippen molar-refractivity contribution < 1.29 is 8.78 Å². The van der Waals surface area contributed by atoms with Gasteiger partial charge in [-0.3, -0.25) is 5.10 Å². The standard InChI is InChI=1S/C11H9BrF2N2/c1-5-3-11(13,14)7-2-8-6(4-15-16-8)10(12)9(5)7/h2,4-5H,3H2,1H3,(H,15,16). The van der Waals surface area contributed by atoms with Crippen molar-refractivity contribution in [3.05, 3.63) is 27.9 Å². The highest BCUT2D eigenvalue weighted by molar-refractivity contribution is 9.10. The molecule has 1 atom stereocenters. The van der Waals surface area contributed by atoms with Crippen LogP contribution in [0.4, 0.5) is 8.78 Å². The molecule has 2 aromatic rings. The van der Waals surface area contributed by atoms with Crippen molar-refractivity contribution in [3.63, 3.8) is 0 Å². The number of aromatic nitrogens is 2. The van der Waals surface area contributed by atoms with Gasteiger partial charge in [0.1, 0.15) is 0 Å². The SMILES string of the molecule is CC1CC(F)(F)c2cc3[nH]ncc3c(Br)c21. The van der Waals surface area contributed by atoms with Crippen molar-refractivity contribution >= 4 is 26.8 Å². The van der Waals surface area contributed by atoms with Crippen LogP contribution in [0.15, 0.2) is 16.7 Å². The number of nitrogens with zero attached hydrogens (tertiary/aromatic N) is 1. The summed E-state index contributed by atoms with van der Waals surface area (Å²) in [6.07, 6.45) is 1.55. The number of hydrogen-bond donors (Lipinski definition) is 1. The summed E-state index contributed by atoms with van der Waals surface area (Å²) in [6.45, 7) is 1.83. The Kier molecular flexibility index (Phi) is 1.93. The lowest BCUT2D eigenvalue weighted by Gasteiger charge is -2.10. The highest BCUT2D eigenvalue weighted by atomic mass is 79.9. The number of fused-ring (bicyclic) bond motifs is 2. The number of halogens is 3. The van der Waals surface area contributed by atoms with Gasteiger partial charge in [-0.1, -0.05) is 6.92 Å². The molecular weight excluding hydrogens is 278 g/mol. The first-order chi connectivity index (χ1) is 7.50. The fourth-order valence-corrected chi connectivity index (χ4v) is 3.37. The van der Waals surface area contributed by atoms with Gasteiger partial charge < -0.3 is 0 Å². The Morgan fingerprint density at radius 1 is 1.56 bits per heavy atom. The predicted molar refractivity (Wildman–Crippen MR) is 60.7 cm³/mol. The molecule has 0 spiro atoms. The quantitative estimate of drug-likeness (QED) is 0.781. The first-order valence-corrected chi connectivity index (χ1v) is 5.84. The number of rotatable bonds is 0. The normalized spacial score (nSPS) is 22.6. The number of nitrogens with one attached hydrogen (secondary N) is 1. The summed E-state index contributed by atoms with van der Waals surface area (Å²) in [7, 11) is 0. The zero-order valence-corrected chi connectivity index (χ0v) is 10.1. The van der Waals surface area contributed by atoms with Gasteiger partial charge in [-0.05, 0) is 33.5 Å². The maximum Gasteiger partial charge on any atom is 0.274 e. The molecule has 84 valence electrons. The predicted octanol–water partition coefficient (Wildman–Crippen LogP) is 3.92. The fourth-order valence-electron chi connectivity index (χ4n) is 2.45. The molecule has 1 aliphatic rings. The summed E-state index contributed by atoms with van der Waals surface area (Å²) in [5.74, 6) is -2.85. The largest absolute Gasteiger partial charge is 0.278 e. The molecule has 1 unspecified atom stereocenters. The van der Waals surface area contributed by atoms with Crippen LogP contribution in [-0.4, -0.2) is 10.2 Å². The van der Waals surface area contributed by atoms with Crippen molar-refractivity contribution in [1.82, 2.24) is 10.2 Å². The van der Waals surface area contributed by atoms with E-state index in [0.717, 1.165) is 15.4 Å². The van der Waals surface area contributed by atoms with E-state index in [2.05, 4.69) is 26.1 Å². The number of hydrogen-bond acceptors (Lipinski definition) is 1. The number of benzene rings is 1. The van der Waals surface area contributed by atoms with E-state index in [1.165, 1.54) is 6.07 Å². The van der Waals surface area contributed by atoms with Crippen LogP contribution in [0.25, 0.3) is 10.9 Å². The highest BCUT2D eigenvalue weighted by Gasteiger charge is 2.44. The molecule has 0 aliphatic heterocycles. The molecule has 3 rings (SSSR count). The average molecular weight is 287 g/mol. The minimum absolute atomic E-state index is 0.110. The smallest absolute Gasteiger partial charge is 0.274 e. The van der Waals surface area contributed by atoms with Crippen molar-refractivity contribution in [1.29, 1.82) is 0 Å². The second kappa shape index (κ2) is 3.03. The first-order valence-electron chi connectivity index (χ1n) is 5.04. The molecule has 1 aliphatic carbocycles. The minimum atomic E-state index is -2.73. The molecule has 1 aromatic heterocycles. The third-order valence-corrected chi connectivity index (χ3v) is 4.02. The van der Waals surface area contributed by atoms with Crippen LogP contribution in [0.2, 0.25) is 0 Å². The molecule has 0 amide bonds. The summed E-state index contributed by atoms with van der Waals surface area (Å²) in [4.78, 5) is 0. The molecule has 5 heteroatoms. The van der Waals surface area contributed by atoms with Gasteiger partial charge in [0.2, 0.25) is 0 Å². The lowest BCUT2D eigenvalue weighted by atomic mass is 10.0. The van der Waals surface area contributed by atoms with Gasteiger partial charge in [0.25, 0.3) is 5.92 Å². The van der Waals surface area contributed by atoms with E-state index in [1.807, 2.05) is 6.92 Å². The summed E-state index contributed by atoms with van der Waals surface area (Å²) in [6, 6.07) is 1.52. The summed E-state index contributed by atoms with van der Waals surface area (Å²) >= 11 is 3.41. The van der Waals surface area contributed by atoms with E-state index in [-0.39, 0.29) is 17.9 Å². The Bertz CT molecular complexity index is 577. The Morgan fingerprint density at radius 3 is 3.06 bits per heavy atom. The Hall–Kier alpha value is -0.970. The first kappa shape index (κ1) is 10.2. The van der Waals surface area contributed by atoms with Crippen LogP contribution < -0.4 is 0 Å². The van der Waals surface area contributed by atoms with Crippen LogP contribution in [0, 0.1) is 0 Å². The van der Waals surface area contributed by atoms with Crippen LogP contribution in [0.3, 0.4) is 0 Å². The van der Waals surface area contributed by atoms with Crippen LogP contribution in [-0.2, 0) is 5.92 Å². The third kappa shape index (κ3) is 1.18. The molecule has 1 N–H and O–H groups in total. The maximum atomic E-state index is 13.7. The molecule has 16 heavy (non-hydrogen) atoms. The van der Waals surface area contributed by atoms with Crippen LogP contribution >= 0.6 is 15.9 Å². The van der Waals surface area contributed by atoms with E-state index in [4.69, 9.17) is 0 Å². The Balaban J connectivity index is 2.42. The van der Waals surface area contributed by atoms with Gasteiger partial charge in [0.15, 0.2) is 0 Å². The van der Waals surface area contributed by atoms with Crippen molar-refractivity contribution in [2.45, 2.75) is 25.2 Å². The molecule has 0 fully saturated rings. The monoisotopic (exact) mass is 286 g/mol.